The number of nitrogens with one attached hydrogen (secondary N) is 1. The van der Waals surface area contributed by atoms with Crippen molar-refractivity contribution in [3.8, 4) is 0 Å². The van der Waals surface area contributed by atoms with Crippen molar-refractivity contribution in [2.45, 2.75) is 24.8 Å². The van der Waals surface area contributed by atoms with E-state index in [0.29, 0.717) is 11.6 Å². The van der Waals surface area contributed by atoms with Crippen molar-refractivity contribution < 1.29 is 13.2 Å². The van der Waals surface area contributed by atoms with E-state index in [4.69, 9.17) is 0 Å². The molecule has 0 atom stereocenters. The van der Waals surface area contributed by atoms with Gasteiger partial charge in [-0.15, -0.1) is 0 Å². The monoisotopic (exact) mass is 277 g/mol. The molecule has 0 amide bonds. The third-order valence-electron chi connectivity index (χ3n) is 3.75. The van der Waals surface area contributed by atoms with Gasteiger partial charge >= 0.3 is 0 Å². The Hall–Kier alpha value is -1.97. The molecule has 1 aliphatic carbocycles. The second-order valence-electron chi connectivity index (χ2n) is 5.19. The quantitative estimate of drug-likeness (QED) is 0.873. The number of halogens is 3. The maximum Gasteiger partial charge on any atom is 0.160 e. The summed E-state index contributed by atoms with van der Waals surface area (Å²) in [6.45, 7) is 0. The number of anilines is 1. The molecule has 0 aliphatic heterocycles. The zero-order valence-corrected chi connectivity index (χ0v) is 10.7. The number of hydrogen-bond donors (Lipinski definition) is 1. The first-order valence-electron chi connectivity index (χ1n) is 6.59. The molecule has 0 spiro atoms. The summed E-state index contributed by atoms with van der Waals surface area (Å²) in [5, 5.41) is 3.16. The van der Waals surface area contributed by atoms with Crippen LogP contribution in [0.5, 0.6) is 0 Å². The molecule has 1 fully saturated rings. The van der Waals surface area contributed by atoms with Crippen LogP contribution >= 0.6 is 0 Å². The lowest BCUT2D eigenvalue weighted by atomic mass is 9.76. The summed E-state index contributed by atoms with van der Waals surface area (Å²) in [6, 6.07) is 10.6. The largest absolute Gasteiger partial charge is 0.382 e. The Balaban J connectivity index is 1.59. The molecule has 1 aliphatic rings. The Morgan fingerprint density at radius 3 is 2.40 bits per heavy atom. The molecule has 2 aromatic carbocycles. The van der Waals surface area contributed by atoms with E-state index in [1.165, 1.54) is 12.1 Å². The van der Waals surface area contributed by atoms with Crippen molar-refractivity contribution >= 4 is 5.69 Å². The Labute approximate surface area is 115 Å². The van der Waals surface area contributed by atoms with E-state index in [2.05, 4.69) is 5.32 Å². The van der Waals surface area contributed by atoms with Crippen molar-refractivity contribution in [1.29, 1.82) is 0 Å². The molecular formula is C16H14F3N. The van der Waals surface area contributed by atoms with E-state index < -0.39 is 11.6 Å². The van der Waals surface area contributed by atoms with Crippen molar-refractivity contribution in [2.75, 3.05) is 5.32 Å². The smallest absolute Gasteiger partial charge is 0.160 e. The zero-order chi connectivity index (χ0) is 14.1. The SMILES string of the molecule is Fc1cccc(C2CC(Nc3ccc(F)c(F)c3)C2)c1. The van der Waals surface area contributed by atoms with Gasteiger partial charge in [-0.2, -0.15) is 0 Å². The molecule has 1 N–H and O–H groups in total. The van der Waals surface area contributed by atoms with Crippen molar-refractivity contribution in [2.24, 2.45) is 0 Å². The molecule has 0 heterocycles. The van der Waals surface area contributed by atoms with E-state index in [-0.39, 0.29) is 11.9 Å². The summed E-state index contributed by atoms with van der Waals surface area (Å²) in [6.07, 6.45) is 1.73. The summed E-state index contributed by atoms with van der Waals surface area (Å²) in [5.41, 5.74) is 1.57. The first kappa shape index (κ1) is 13.0. The van der Waals surface area contributed by atoms with Gasteiger partial charge in [-0.25, -0.2) is 13.2 Å². The van der Waals surface area contributed by atoms with Gasteiger partial charge in [-0.1, -0.05) is 12.1 Å². The van der Waals surface area contributed by atoms with E-state index in [9.17, 15) is 13.2 Å². The van der Waals surface area contributed by atoms with Gasteiger partial charge in [-0.3, -0.25) is 0 Å². The molecule has 20 heavy (non-hydrogen) atoms. The predicted octanol–water partition coefficient (Wildman–Crippen LogP) is 4.46. The summed E-state index contributed by atoms with van der Waals surface area (Å²) < 4.78 is 39.0. The Morgan fingerprint density at radius 2 is 1.70 bits per heavy atom. The number of benzene rings is 2. The van der Waals surface area contributed by atoms with Crippen LogP contribution in [0.25, 0.3) is 0 Å². The first-order chi connectivity index (χ1) is 9.61. The molecule has 0 unspecified atom stereocenters. The van der Waals surface area contributed by atoms with Gasteiger partial charge in [0, 0.05) is 17.8 Å². The van der Waals surface area contributed by atoms with Crippen LogP contribution in [0.2, 0.25) is 0 Å². The Kier molecular flexibility index (Phi) is 3.38. The highest BCUT2D eigenvalue weighted by Crippen LogP contribution is 2.38. The van der Waals surface area contributed by atoms with Gasteiger partial charge in [0.2, 0.25) is 0 Å². The topological polar surface area (TPSA) is 12.0 Å². The Morgan fingerprint density at radius 1 is 0.900 bits per heavy atom. The van der Waals surface area contributed by atoms with Gasteiger partial charge in [0.15, 0.2) is 11.6 Å². The summed E-state index contributed by atoms with van der Waals surface area (Å²) in [4.78, 5) is 0. The summed E-state index contributed by atoms with van der Waals surface area (Å²) >= 11 is 0. The molecule has 104 valence electrons. The summed E-state index contributed by atoms with van der Waals surface area (Å²) in [7, 11) is 0. The minimum absolute atomic E-state index is 0.216. The lowest BCUT2D eigenvalue weighted by molar-refractivity contribution is 0.372. The van der Waals surface area contributed by atoms with E-state index >= 15 is 0 Å². The maximum absolute atomic E-state index is 13.1. The average Bonchev–Trinajstić information content (AvgIpc) is 2.37. The third kappa shape index (κ3) is 2.64. The predicted molar refractivity (Wildman–Crippen MR) is 72.1 cm³/mol. The number of rotatable bonds is 3. The fourth-order valence-electron chi connectivity index (χ4n) is 2.59. The van der Waals surface area contributed by atoms with Crippen LogP contribution in [0.3, 0.4) is 0 Å². The van der Waals surface area contributed by atoms with Crippen LogP contribution in [0.15, 0.2) is 42.5 Å². The molecule has 2 aromatic rings. The van der Waals surface area contributed by atoms with Crippen molar-refractivity contribution in [3.63, 3.8) is 0 Å². The average molecular weight is 277 g/mol. The van der Waals surface area contributed by atoms with Gasteiger partial charge in [0.1, 0.15) is 5.82 Å². The highest BCUT2D eigenvalue weighted by atomic mass is 19.2. The van der Waals surface area contributed by atoms with Crippen LogP contribution in [0.4, 0.5) is 18.9 Å². The second-order valence-corrected chi connectivity index (χ2v) is 5.19. The van der Waals surface area contributed by atoms with E-state index in [0.717, 1.165) is 30.5 Å². The molecule has 1 saturated carbocycles. The molecule has 0 aromatic heterocycles. The normalized spacial score (nSPS) is 21.4. The van der Waals surface area contributed by atoms with E-state index in [1.807, 2.05) is 6.07 Å². The minimum atomic E-state index is -0.851. The summed E-state index contributed by atoms with van der Waals surface area (Å²) in [5.74, 6) is -1.59. The van der Waals surface area contributed by atoms with Crippen molar-refractivity contribution in [3.05, 3.63) is 65.5 Å². The lowest BCUT2D eigenvalue weighted by Crippen LogP contribution is -2.34. The third-order valence-corrected chi connectivity index (χ3v) is 3.75. The van der Waals surface area contributed by atoms with Crippen LogP contribution in [-0.2, 0) is 0 Å². The van der Waals surface area contributed by atoms with Gasteiger partial charge in [0.05, 0.1) is 0 Å². The lowest BCUT2D eigenvalue weighted by Gasteiger charge is -2.37. The highest BCUT2D eigenvalue weighted by Gasteiger charge is 2.30. The first-order valence-corrected chi connectivity index (χ1v) is 6.59. The zero-order valence-electron chi connectivity index (χ0n) is 10.7. The minimum Gasteiger partial charge on any atom is -0.382 e. The van der Waals surface area contributed by atoms with Gasteiger partial charge < -0.3 is 5.32 Å². The molecule has 0 saturated heterocycles. The molecular weight excluding hydrogens is 263 g/mol. The molecule has 4 heteroatoms. The number of hydrogen-bond acceptors (Lipinski definition) is 1. The highest BCUT2D eigenvalue weighted by molar-refractivity contribution is 5.45. The fourth-order valence-corrected chi connectivity index (χ4v) is 2.59. The van der Waals surface area contributed by atoms with Crippen LogP contribution < -0.4 is 5.32 Å². The van der Waals surface area contributed by atoms with Crippen LogP contribution in [0, 0.1) is 17.5 Å². The van der Waals surface area contributed by atoms with Crippen LogP contribution in [0.1, 0.15) is 24.3 Å². The van der Waals surface area contributed by atoms with E-state index in [1.54, 1.807) is 12.1 Å². The maximum atomic E-state index is 13.1. The molecule has 0 radical (unpaired) electrons. The Bertz CT molecular complexity index is 621. The molecule has 0 bridgehead atoms. The fraction of sp³-hybridized carbons (Fsp3) is 0.250. The van der Waals surface area contributed by atoms with Crippen LogP contribution in [-0.4, -0.2) is 6.04 Å². The molecule has 1 nitrogen and oxygen atoms in total. The standard InChI is InChI=1S/C16H14F3N/c17-12-3-1-2-10(6-12)11-7-14(8-11)20-13-4-5-15(18)16(19)9-13/h1-6,9,11,14,20H,7-8H2. The van der Waals surface area contributed by atoms with Gasteiger partial charge in [0.25, 0.3) is 0 Å². The second kappa shape index (κ2) is 5.19. The van der Waals surface area contributed by atoms with Gasteiger partial charge in [-0.05, 0) is 48.6 Å². The van der Waals surface area contributed by atoms with Crippen molar-refractivity contribution in [1.82, 2.24) is 0 Å². The molecule has 3 rings (SSSR count).